The van der Waals surface area contributed by atoms with E-state index in [9.17, 15) is 0 Å². The number of hydrogen-bond acceptors (Lipinski definition) is 6. The molecule has 4 heterocycles. The van der Waals surface area contributed by atoms with Crippen molar-refractivity contribution in [1.82, 2.24) is 19.4 Å². The fourth-order valence-corrected chi connectivity index (χ4v) is 4.03. The van der Waals surface area contributed by atoms with Crippen LogP contribution in [0.5, 0.6) is 0 Å². The molecule has 0 amide bonds. The van der Waals surface area contributed by atoms with Crippen LogP contribution in [-0.4, -0.2) is 31.9 Å². The zero-order valence-electron chi connectivity index (χ0n) is 13.3. The zero-order chi connectivity index (χ0) is 15.8. The molecule has 1 unspecified atom stereocenters. The van der Waals surface area contributed by atoms with Crippen molar-refractivity contribution >= 4 is 28.1 Å². The van der Waals surface area contributed by atoms with Crippen LogP contribution in [0, 0.1) is 0 Å². The molecule has 120 valence electrons. The van der Waals surface area contributed by atoms with E-state index in [0.29, 0.717) is 6.04 Å². The van der Waals surface area contributed by atoms with Crippen molar-refractivity contribution < 1.29 is 0 Å². The van der Waals surface area contributed by atoms with E-state index in [1.54, 1.807) is 23.7 Å². The van der Waals surface area contributed by atoms with E-state index in [-0.39, 0.29) is 6.04 Å². The lowest BCUT2D eigenvalue weighted by Crippen LogP contribution is -2.24. The summed E-state index contributed by atoms with van der Waals surface area (Å²) in [7, 11) is 0. The minimum Gasteiger partial charge on any atom is -0.353 e. The van der Waals surface area contributed by atoms with Gasteiger partial charge in [-0.05, 0) is 32.8 Å². The van der Waals surface area contributed by atoms with Crippen molar-refractivity contribution in [3.8, 4) is 0 Å². The molecule has 1 saturated heterocycles. The van der Waals surface area contributed by atoms with Crippen molar-refractivity contribution in [2.45, 2.75) is 38.8 Å². The smallest absolute Gasteiger partial charge is 0.225 e. The Morgan fingerprint density at radius 1 is 1.30 bits per heavy atom. The van der Waals surface area contributed by atoms with Crippen molar-refractivity contribution in [2.24, 2.45) is 0 Å². The quantitative estimate of drug-likeness (QED) is 0.796. The molecule has 1 atom stereocenters. The molecular weight excluding hydrogens is 308 g/mol. The number of anilines is 2. The lowest BCUT2D eigenvalue weighted by Gasteiger charge is -2.23. The van der Waals surface area contributed by atoms with Gasteiger partial charge in [0.15, 0.2) is 0 Å². The van der Waals surface area contributed by atoms with Crippen LogP contribution in [0.2, 0.25) is 0 Å². The molecule has 4 rings (SSSR count). The first-order chi connectivity index (χ1) is 11.2. The number of rotatable bonds is 4. The lowest BCUT2D eigenvalue weighted by molar-refractivity contribution is 0.689. The normalized spacial score (nSPS) is 18.2. The fraction of sp³-hybridized carbons (Fsp3) is 0.438. The zero-order valence-corrected chi connectivity index (χ0v) is 14.1. The number of fused-ring (bicyclic) bond motifs is 1. The largest absolute Gasteiger partial charge is 0.353 e. The molecule has 1 aliphatic heterocycles. The van der Waals surface area contributed by atoms with Crippen LogP contribution in [0.3, 0.4) is 0 Å². The van der Waals surface area contributed by atoms with Crippen LogP contribution in [0.15, 0.2) is 30.0 Å². The van der Waals surface area contributed by atoms with Crippen LogP contribution in [0.1, 0.15) is 38.4 Å². The van der Waals surface area contributed by atoms with E-state index in [1.807, 2.05) is 6.07 Å². The molecule has 1 N–H and O–H groups in total. The van der Waals surface area contributed by atoms with Crippen LogP contribution in [0.4, 0.5) is 11.9 Å². The molecule has 0 aliphatic carbocycles. The average Bonchev–Trinajstić information content (AvgIpc) is 3.25. The minimum atomic E-state index is 0.244. The first-order valence-electron chi connectivity index (χ1n) is 7.99. The molecule has 6 nitrogen and oxygen atoms in total. The monoisotopic (exact) mass is 328 g/mol. The van der Waals surface area contributed by atoms with Gasteiger partial charge in [0.05, 0.1) is 6.04 Å². The van der Waals surface area contributed by atoms with Gasteiger partial charge in [-0.1, -0.05) is 0 Å². The van der Waals surface area contributed by atoms with Crippen LogP contribution in [-0.2, 0) is 0 Å². The van der Waals surface area contributed by atoms with Gasteiger partial charge in [-0.2, -0.15) is 0 Å². The summed E-state index contributed by atoms with van der Waals surface area (Å²) in [6, 6.07) is 2.45. The molecule has 0 saturated carbocycles. The Labute approximate surface area is 139 Å². The number of thiazole rings is 1. The maximum atomic E-state index is 4.91. The Balaban J connectivity index is 1.75. The molecule has 0 aromatic carbocycles. The number of aromatic nitrogens is 4. The molecular formula is C16H20N6S. The van der Waals surface area contributed by atoms with Gasteiger partial charge in [-0.15, -0.1) is 11.3 Å². The van der Waals surface area contributed by atoms with Crippen LogP contribution >= 0.6 is 11.3 Å². The van der Waals surface area contributed by atoms with E-state index < -0.39 is 0 Å². The first-order valence-corrected chi connectivity index (χ1v) is 8.87. The Morgan fingerprint density at radius 2 is 2.13 bits per heavy atom. The van der Waals surface area contributed by atoms with Gasteiger partial charge in [-0.25, -0.2) is 15.0 Å². The van der Waals surface area contributed by atoms with Gasteiger partial charge in [0, 0.05) is 36.6 Å². The Hall–Kier alpha value is -2.15. The second-order valence-corrected chi connectivity index (χ2v) is 6.99. The predicted octanol–water partition coefficient (Wildman–Crippen LogP) is 3.35. The standard InChI is InChI=1S/C16H20N6S/c1-11(2)19-16-20-13(14-22(16)9-10-23-14)12-5-3-8-21(12)15-17-6-4-7-18-15/h4,6-7,9-12H,3,5,8H2,1-2H3,(H,19,20). The van der Waals surface area contributed by atoms with Crippen molar-refractivity contribution in [3.05, 3.63) is 35.7 Å². The third-order valence-electron chi connectivity index (χ3n) is 4.08. The van der Waals surface area contributed by atoms with Crippen molar-refractivity contribution in [1.29, 1.82) is 0 Å². The van der Waals surface area contributed by atoms with E-state index in [4.69, 9.17) is 4.98 Å². The average molecular weight is 328 g/mol. The van der Waals surface area contributed by atoms with E-state index >= 15 is 0 Å². The van der Waals surface area contributed by atoms with Crippen LogP contribution < -0.4 is 10.2 Å². The highest BCUT2D eigenvalue weighted by atomic mass is 32.1. The summed E-state index contributed by atoms with van der Waals surface area (Å²) < 4.78 is 2.16. The first kappa shape index (κ1) is 14.4. The number of hydrogen-bond donors (Lipinski definition) is 1. The molecule has 23 heavy (non-hydrogen) atoms. The lowest BCUT2D eigenvalue weighted by atomic mass is 10.1. The maximum Gasteiger partial charge on any atom is 0.225 e. The summed E-state index contributed by atoms with van der Waals surface area (Å²) in [5, 5.41) is 5.56. The Morgan fingerprint density at radius 3 is 2.91 bits per heavy atom. The highest BCUT2D eigenvalue weighted by molar-refractivity contribution is 7.15. The molecule has 0 bridgehead atoms. The molecule has 3 aromatic heterocycles. The number of nitrogens with zero attached hydrogens (tertiary/aromatic N) is 5. The topological polar surface area (TPSA) is 58.4 Å². The van der Waals surface area contributed by atoms with Crippen molar-refractivity contribution in [2.75, 3.05) is 16.8 Å². The minimum absolute atomic E-state index is 0.244. The Kier molecular flexibility index (Phi) is 3.65. The maximum absolute atomic E-state index is 4.91. The van der Waals surface area contributed by atoms with Gasteiger partial charge in [-0.3, -0.25) is 4.40 Å². The van der Waals surface area contributed by atoms with Gasteiger partial charge >= 0.3 is 0 Å². The summed E-state index contributed by atoms with van der Waals surface area (Å²) in [6.07, 6.45) is 7.92. The van der Waals surface area contributed by atoms with Gasteiger partial charge < -0.3 is 10.2 Å². The Bertz CT molecular complexity index is 793. The highest BCUT2D eigenvalue weighted by Gasteiger charge is 2.32. The third kappa shape index (κ3) is 2.55. The number of imidazole rings is 1. The summed E-state index contributed by atoms with van der Waals surface area (Å²) in [5.41, 5.74) is 1.13. The molecule has 7 heteroatoms. The summed E-state index contributed by atoms with van der Waals surface area (Å²) in [5.74, 6) is 1.72. The fourth-order valence-electron chi connectivity index (χ4n) is 3.15. The molecule has 0 radical (unpaired) electrons. The SMILES string of the molecule is CC(C)Nc1nc(C2CCCN2c2ncccn2)c2sccn12. The van der Waals surface area contributed by atoms with Gasteiger partial charge in [0.1, 0.15) is 10.5 Å². The van der Waals surface area contributed by atoms with Crippen molar-refractivity contribution in [3.63, 3.8) is 0 Å². The molecule has 1 aliphatic rings. The summed E-state index contributed by atoms with van der Waals surface area (Å²) in [6.45, 7) is 5.24. The third-order valence-corrected chi connectivity index (χ3v) is 4.96. The van der Waals surface area contributed by atoms with Gasteiger partial charge in [0.25, 0.3) is 0 Å². The summed E-state index contributed by atoms with van der Waals surface area (Å²) >= 11 is 1.74. The van der Waals surface area contributed by atoms with Gasteiger partial charge in [0.2, 0.25) is 11.9 Å². The molecule has 0 spiro atoms. The molecule has 3 aromatic rings. The van der Waals surface area contributed by atoms with E-state index in [2.05, 4.69) is 50.0 Å². The molecule has 1 fully saturated rings. The second-order valence-electron chi connectivity index (χ2n) is 6.10. The second kappa shape index (κ2) is 5.81. The van der Waals surface area contributed by atoms with E-state index in [1.165, 1.54) is 4.83 Å². The number of nitrogens with one attached hydrogen (secondary N) is 1. The predicted molar refractivity (Wildman–Crippen MR) is 93.2 cm³/mol. The van der Waals surface area contributed by atoms with E-state index in [0.717, 1.165) is 37.0 Å². The summed E-state index contributed by atoms with van der Waals surface area (Å²) in [4.78, 5) is 17.3. The van der Waals surface area contributed by atoms with Crippen LogP contribution in [0.25, 0.3) is 4.83 Å². The highest BCUT2D eigenvalue weighted by Crippen LogP contribution is 2.38.